The van der Waals surface area contributed by atoms with Crippen LogP contribution in [-0.2, 0) is 17.7 Å². The van der Waals surface area contributed by atoms with Crippen LogP contribution in [-0.4, -0.2) is 18.1 Å². The van der Waals surface area contributed by atoms with E-state index in [4.69, 9.17) is 4.74 Å². The predicted octanol–water partition coefficient (Wildman–Crippen LogP) is 4.74. The Hall–Kier alpha value is -1.65. The molecule has 0 heterocycles. The van der Waals surface area contributed by atoms with Gasteiger partial charge in [0.1, 0.15) is 5.60 Å². The molecule has 0 saturated heterocycles. The number of ether oxygens (including phenoxy) is 1. The molecule has 2 rings (SSSR count). The molecule has 1 N–H and O–H groups in total. The van der Waals surface area contributed by atoms with Crippen LogP contribution in [0.4, 0.5) is 0 Å². The number of hydrogen-bond donors (Lipinski definition) is 1. The fourth-order valence-corrected chi connectivity index (χ4v) is 2.77. The van der Waals surface area contributed by atoms with E-state index in [-0.39, 0.29) is 5.97 Å². The van der Waals surface area contributed by atoms with Crippen LogP contribution in [0.25, 0.3) is 0 Å². The molecule has 0 spiro atoms. The molecule has 3 nitrogen and oxygen atoms in total. The number of rotatable bonds is 6. The first-order valence-corrected chi connectivity index (χ1v) is 8.91. The SMILES string of the molecule is CC(C)(C)OC(=O)c1ccc(CNCCc2ccccc2)c(Br)c1. The van der Waals surface area contributed by atoms with Crippen LogP contribution >= 0.6 is 15.9 Å². The lowest BCUT2D eigenvalue weighted by Gasteiger charge is -2.19. The van der Waals surface area contributed by atoms with Gasteiger partial charge in [-0.05, 0) is 57.0 Å². The van der Waals surface area contributed by atoms with E-state index >= 15 is 0 Å². The maximum atomic E-state index is 12.1. The molecule has 0 amide bonds. The summed E-state index contributed by atoms with van der Waals surface area (Å²) in [6.45, 7) is 7.26. The predicted molar refractivity (Wildman–Crippen MR) is 101 cm³/mol. The van der Waals surface area contributed by atoms with Crippen molar-refractivity contribution < 1.29 is 9.53 Å². The molecule has 24 heavy (non-hydrogen) atoms. The molecule has 0 aliphatic carbocycles. The molecular weight excluding hydrogens is 366 g/mol. The topological polar surface area (TPSA) is 38.3 Å². The Morgan fingerprint density at radius 2 is 1.83 bits per heavy atom. The van der Waals surface area contributed by atoms with Gasteiger partial charge in [-0.2, -0.15) is 0 Å². The van der Waals surface area contributed by atoms with E-state index in [0.29, 0.717) is 5.56 Å². The highest BCUT2D eigenvalue weighted by Crippen LogP contribution is 2.20. The van der Waals surface area contributed by atoms with Crippen LogP contribution in [0.5, 0.6) is 0 Å². The maximum absolute atomic E-state index is 12.1. The highest BCUT2D eigenvalue weighted by Gasteiger charge is 2.18. The number of nitrogens with one attached hydrogen (secondary N) is 1. The summed E-state index contributed by atoms with van der Waals surface area (Å²) in [4.78, 5) is 12.1. The average molecular weight is 390 g/mol. The number of carbonyl (C=O) groups is 1. The minimum Gasteiger partial charge on any atom is -0.456 e. The first-order chi connectivity index (χ1) is 11.3. The molecule has 0 atom stereocenters. The molecule has 0 aromatic heterocycles. The zero-order valence-electron chi connectivity index (χ0n) is 14.4. The maximum Gasteiger partial charge on any atom is 0.338 e. The summed E-state index contributed by atoms with van der Waals surface area (Å²) in [6.07, 6.45) is 0.994. The zero-order valence-corrected chi connectivity index (χ0v) is 16.0. The number of carbonyl (C=O) groups excluding carboxylic acids is 1. The van der Waals surface area contributed by atoms with E-state index in [2.05, 4.69) is 45.5 Å². The summed E-state index contributed by atoms with van der Waals surface area (Å²) in [5, 5.41) is 3.43. The Balaban J connectivity index is 1.87. The summed E-state index contributed by atoms with van der Waals surface area (Å²) in [5.74, 6) is -0.299. The van der Waals surface area contributed by atoms with E-state index in [0.717, 1.165) is 29.5 Å². The van der Waals surface area contributed by atoms with Gasteiger partial charge in [-0.3, -0.25) is 0 Å². The second kappa shape index (κ2) is 8.45. The lowest BCUT2D eigenvalue weighted by atomic mass is 10.1. The number of hydrogen-bond acceptors (Lipinski definition) is 3. The number of benzene rings is 2. The van der Waals surface area contributed by atoms with Crippen molar-refractivity contribution in [3.05, 3.63) is 69.7 Å². The van der Waals surface area contributed by atoms with Crippen molar-refractivity contribution in [2.45, 2.75) is 39.3 Å². The summed E-state index contributed by atoms with van der Waals surface area (Å²) < 4.78 is 6.31. The lowest BCUT2D eigenvalue weighted by Crippen LogP contribution is -2.24. The molecule has 0 unspecified atom stereocenters. The van der Waals surface area contributed by atoms with Gasteiger partial charge < -0.3 is 10.1 Å². The summed E-state index contributed by atoms with van der Waals surface area (Å²) in [7, 11) is 0. The number of halogens is 1. The normalized spacial score (nSPS) is 11.3. The smallest absolute Gasteiger partial charge is 0.338 e. The van der Waals surface area contributed by atoms with Crippen molar-refractivity contribution >= 4 is 21.9 Å². The second-order valence-corrected chi connectivity index (χ2v) is 7.57. The standard InChI is InChI=1S/C20H24BrNO2/c1-20(2,3)24-19(23)16-9-10-17(18(21)13-16)14-22-12-11-15-7-5-4-6-8-15/h4-10,13,22H,11-12,14H2,1-3H3. The summed E-state index contributed by atoms with van der Waals surface area (Å²) in [5.41, 5.74) is 2.52. The average Bonchev–Trinajstić information content (AvgIpc) is 2.52. The van der Waals surface area contributed by atoms with Crippen molar-refractivity contribution in [1.29, 1.82) is 0 Å². The highest BCUT2D eigenvalue weighted by atomic mass is 79.9. The van der Waals surface area contributed by atoms with Gasteiger partial charge in [-0.25, -0.2) is 4.79 Å². The third kappa shape index (κ3) is 6.10. The third-order valence-electron chi connectivity index (χ3n) is 3.44. The second-order valence-electron chi connectivity index (χ2n) is 6.72. The largest absolute Gasteiger partial charge is 0.456 e. The van der Waals surface area contributed by atoms with E-state index < -0.39 is 5.60 Å². The Kier molecular flexibility index (Phi) is 6.58. The monoisotopic (exact) mass is 389 g/mol. The molecule has 128 valence electrons. The van der Waals surface area contributed by atoms with E-state index in [1.54, 1.807) is 0 Å². The molecule has 2 aromatic rings. The van der Waals surface area contributed by atoms with Gasteiger partial charge in [0, 0.05) is 11.0 Å². The fourth-order valence-electron chi connectivity index (χ4n) is 2.26. The molecular formula is C20H24BrNO2. The molecule has 0 aliphatic heterocycles. The first kappa shape index (κ1) is 18.7. The van der Waals surface area contributed by atoms with Gasteiger partial charge in [0.25, 0.3) is 0 Å². The molecule has 0 fully saturated rings. The Labute approximate surface area is 152 Å². The quantitative estimate of drug-likeness (QED) is 0.572. The molecule has 4 heteroatoms. The zero-order chi connectivity index (χ0) is 17.6. The third-order valence-corrected chi connectivity index (χ3v) is 4.17. The van der Waals surface area contributed by atoms with Crippen LogP contribution < -0.4 is 5.32 Å². The molecule has 0 aliphatic rings. The van der Waals surface area contributed by atoms with Crippen LogP contribution in [0.3, 0.4) is 0 Å². The number of esters is 1. The highest BCUT2D eigenvalue weighted by molar-refractivity contribution is 9.10. The summed E-state index contributed by atoms with van der Waals surface area (Å²) >= 11 is 3.54. The van der Waals surface area contributed by atoms with Crippen molar-refractivity contribution in [3.8, 4) is 0 Å². The fraction of sp³-hybridized carbons (Fsp3) is 0.350. The Morgan fingerprint density at radius 1 is 1.12 bits per heavy atom. The molecule has 2 aromatic carbocycles. The molecule has 0 saturated carbocycles. The Morgan fingerprint density at radius 3 is 2.46 bits per heavy atom. The van der Waals surface area contributed by atoms with E-state index in [1.165, 1.54) is 5.56 Å². The van der Waals surface area contributed by atoms with Gasteiger partial charge >= 0.3 is 5.97 Å². The van der Waals surface area contributed by atoms with Crippen LogP contribution in [0, 0.1) is 0 Å². The van der Waals surface area contributed by atoms with E-state index in [1.807, 2.05) is 45.0 Å². The van der Waals surface area contributed by atoms with Crippen molar-refractivity contribution in [3.63, 3.8) is 0 Å². The van der Waals surface area contributed by atoms with Crippen molar-refractivity contribution in [2.75, 3.05) is 6.54 Å². The van der Waals surface area contributed by atoms with Crippen molar-refractivity contribution in [1.82, 2.24) is 5.32 Å². The first-order valence-electron chi connectivity index (χ1n) is 8.11. The van der Waals surface area contributed by atoms with Gasteiger partial charge in [-0.1, -0.05) is 52.3 Å². The minimum atomic E-state index is -0.485. The van der Waals surface area contributed by atoms with Crippen LogP contribution in [0.15, 0.2) is 53.0 Å². The van der Waals surface area contributed by atoms with Crippen LogP contribution in [0.2, 0.25) is 0 Å². The molecule has 0 bridgehead atoms. The molecule has 0 radical (unpaired) electrons. The van der Waals surface area contributed by atoms with Gasteiger partial charge in [0.05, 0.1) is 5.56 Å². The summed E-state index contributed by atoms with van der Waals surface area (Å²) in [6, 6.07) is 16.0. The Bertz CT molecular complexity index is 678. The van der Waals surface area contributed by atoms with Crippen molar-refractivity contribution in [2.24, 2.45) is 0 Å². The lowest BCUT2D eigenvalue weighted by molar-refractivity contribution is 0.00694. The van der Waals surface area contributed by atoms with Gasteiger partial charge in [0.2, 0.25) is 0 Å². The van der Waals surface area contributed by atoms with Crippen LogP contribution in [0.1, 0.15) is 42.3 Å². The van der Waals surface area contributed by atoms with Gasteiger partial charge in [0.15, 0.2) is 0 Å². The minimum absolute atomic E-state index is 0.299. The van der Waals surface area contributed by atoms with E-state index in [9.17, 15) is 4.79 Å². The van der Waals surface area contributed by atoms with Gasteiger partial charge in [-0.15, -0.1) is 0 Å².